The predicted molar refractivity (Wildman–Crippen MR) is 98.3 cm³/mol. The number of alkyl halides is 11. The van der Waals surface area contributed by atoms with Crippen molar-refractivity contribution >= 4 is 28.2 Å². The van der Waals surface area contributed by atoms with Crippen LogP contribution in [0.15, 0.2) is 29.6 Å². The van der Waals surface area contributed by atoms with Crippen LogP contribution in [0.4, 0.5) is 57.7 Å². The van der Waals surface area contributed by atoms with Crippen molar-refractivity contribution in [3.8, 4) is 11.1 Å². The Morgan fingerprint density at radius 2 is 1.22 bits per heavy atom. The van der Waals surface area contributed by atoms with Crippen molar-refractivity contribution in [2.24, 2.45) is 0 Å². The third kappa shape index (κ3) is 3.16. The van der Waals surface area contributed by atoms with Crippen LogP contribution in [0.25, 0.3) is 11.1 Å². The van der Waals surface area contributed by atoms with Gasteiger partial charge in [-0.3, -0.25) is 4.79 Å². The Balaban J connectivity index is 2.17. The summed E-state index contributed by atoms with van der Waals surface area (Å²) in [5.74, 6) is -43.0. The maximum absolute atomic E-state index is 15.0. The van der Waals surface area contributed by atoms with Gasteiger partial charge >= 0.3 is 41.3 Å². The van der Waals surface area contributed by atoms with Gasteiger partial charge in [-0.1, -0.05) is 12.1 Å². The van der Waals surface area contributed by atoms with E-state index in [1.165, 1.54) is 0 Å². The summed E-state index contributed by atoms with van der Waals surface area (Å²) in [6.07, 6.45) is 0. The summed E-state index contributed by atoms with van der Waals surface area (Å²) >= 11 is 0.104. The Kier molecular flexibility index (Phi) is 6.14. The number of anilines is 1. The zero-order chi connectivity index (χ0) is 27.7. The summed E-state index contributed by atoms with van der Waals surface area (Å²) in [4.78, 5) is 24.4. The highest BCUT2D eigenvalue weighted by Crippen LogP contribution is 2.69. The number of carbonyl (C=O) groups is 2. The number of methoxy groups -OCH3 is 1. The number of hydrogen-bond acceptors (Lipinski definition) is 4. The molecule has 4 nitrogen and oxygen atoms in total. The number of thiophene rings is 1. The van der Waals surface area contributed by atoms with E-state index < -0.39 is 63.5 Å². The van der Waals surface area contributed by atoms with Crippen LogP contribution in [0.5, 0.6) is 0 Å². The molecule has 1 aromatic heterocycles. The first-order chi connectivity index (χ1) is 16.2. The van der Waals surface area contributed by atoms with E-state index in [9.17, 15) is 62.3 Å². The second-order valence-electron chi connectivity index (χ2n) is 7.34. The van der Waals surface area contributed by atoms with Gasteiger partial charge in [-0.25, -0.2) is 13.6 Å². The Hall–Kier alpha value is -2.98. The zero-order valence-electron chi connectivity index (χ0n) is 17.1. The van der Waals surface area contributed by atoms with Gasteiger partial charge in [0.25, 0.3) is 5.91 Å². The van der Waals surface area contributed by atoms with E-state index in [1.807, 2.05) is 0 Å². The fourth-order valence-corrected chi connectivity index (χ4v) is 4.24. The quantitative estimate of drug-likeness (QED) is 0.360. The molecule has 1 aromatic carbocycles. The van der Waals surface area contributed by atoms with Crippen molar-refractivity contribution in [1.82, 2.24) is 0 Å². The van der Waals surface area contributed by atoms with Crippen molar-refractivity contribution in [2.45, 2.75) is 35.3 Å². The fourth-order valence-electron chi connectivity index (χ4n) is 3.29. The van der Waals surface area contributed by atoms with Crippen molar-refractivity contribution in [3.05, 3.63) is 41.0 Å². The first-order valence-electron chi connectivity index (χ1n) is 9.09. The van der Waals surface area contributed by atoms with Gasteiger partial charge in [-0.2, -0.15) is 43.9 Å². The Morgan fingerprint density at radius 3 is 1.67 bits per heavy atom. The minimum absolute atomic E-state index is 0.0467. The van der Waals surface area contributed by atoms with Crippen molar-refractivity contribution < 1.29 is 67.0 Å². The van der Waals surface area contributed by atoms with Gasteiger partial charge in [-0.15, -0.1) is 11.3 Å². The molecule has 1 saturated carbocycles. The standard InChI is InChI=1S/C19H9F12NO3S/c1-35-12(33)10-9(7-2-4-8(20)5-3-7)6-36-11(10)32-13(34)14(21)15(22,23)17(26,27)19(30,31)18(28,29)16(14,24)25/h2-6H,1H3,(H,32,34). The number of nitrogens with one attached hydrogen (secondary N) is 1. The minimum atomic E-state index is -7.49. The summed E-state index contributed by atoms with van der Waals surface area (Å²) in [6.45, 7) is 0. The second-order valence-corrected chi connectivity index (χ2v) is 8.22. The van der Waals surface area contributed by atoms with Crippen LogP contribution < -0.4 is 5.32 Å². The van der Waals surface area contributed by atoms with Gasteiger partial charge in [0.1, 0.15) is 16.4 Å². The molecule has 0 saturated heterocycles. The van der Waals surface area contributed by atoms with Crippen molar-refractivity contribution in [3.63, 3.8) is 0 Å². The van der Waals surface area contributed by atoms with Crippen LogP contribution >= 0.6 is 11.3 Å². The van der Waals surface area contributed by atoms with E-state index in [2.05, 4.69) is 4.74 Å². The molecular formula is C19H9F12NO3S. The van der Waals surface area contributed by atoms with E-state index in [1.54, 1.807) is 0 Å². The smallest absolute Gasteiger partial charge is 0.384 e. The highest BCUT2D eigenvalue weighted by molar-refractivity contribution is 7.15. The number of hydrogen-bond donors (Lipinski definition) is 1. The van der Waals surface area contributed by atoms with Crippen molar-refractivity contribution in [2.75, 3.05) is 12.4 Å². The number of carbonyl (C=O) groups excluding carboxylic acids is 2. The molecule has 36 heavy (non-hydrogen) atoms. The third-order valence-electron chi connectivity index (χ3n) is 5.32. The van der Waals surface area contributed by atoms with Gasteiger partial charge in [0.05, 0.1) is 7.11 Å². The summed E-state index contributed by atoms with van der Waals surface area (Å²) in [5.41, 5.74) is -8.19. The number of halogens is 12. The lowest BCUT2D eigenvalue weighted by molar-refractivity contribution is -0.475. The molecule has 1 aliphatic rings. The molecule has 3 rings (SSSR count). The van der Waals surface area contributed by atoms with E-state index in [0.717, 1.165) is 42.1 Å². The van der Waals surface area contributed by atoms with Gasteiger partial charge < -0.3 is 10.1 Å². The highest BCUT2D eigenvalue weighted by atomic mass is 32.1. The highest BCUT2D eigenvalue weighted by Gasteiger charge is 3.02. The Morgan fingerprint density at radius 1 is 0.778 bits per heavy atom. The topological polar surface area (TPSA) is 55.4 Å². The average Bonchev–Trinajstić information content (AvgIpc) is 3.20. The van der Waals surface area contributed by atoms with Crippen molar-refractivity contribution in [1.29, 1.82) is 0 Å². The van der Waals surface area contributed by atoms with E-state index in [0.29, 0.717) is 0 Å². The summed E-state index contributed by atoms with van der Waals surface area (Å²) in [5, 5.41) is 0.667. The molecule has 198 valence electrons. The third-order valence-corrected chi connectivity index (χ3v) is 6.21. The first kappa shape index (κ1) is 27.6. The van der Waals surface area contributed by atoms with Crippen LogP contribution in [0.3, 0.4) is 0 Å². The maximum atomic E-state index is 15.0. The lowest BCUT2D eigenvalue weighted by Gasteiger charge is -2.51. The second kappa shape index (κ2) is 8.01. The lowest BCUT2D eigenvalue weighted by Crippen LogP contribution is -2.86. The number of rotatable bonds is 4. The van der Waals surface area contributed by atoms with Crippen LogP contribution in [0, 0.1) is 5.82 Å². The molecule has 17 heteroatoms. The number of ether oxygens (including phenoxy) is 1. The SMILES string of the molecule is COC(=O)c1c(-c2ccc(F)cc2)csc1NC(=O)C1(F)C(F)(F)C(F)(F)C(F)(F)C(F)(F)C1(F)F. The molecule has 0 spiro atoms. The summed E-state index contributed by atoms with van der Waals surface area (Å²) in [7, 11) is 0.726. The van der Waals surface area contributed by atoms with E-state index >= 15 is 0 Å². The molecule has 0 atom stereocenters. The molecule has 1 aliphatic carbocycles. The Labute approximate surface area is 195 Å². The molecule has 1 N–H and O–H groups in total. The average molecular weight is 559 g/mol. The lowest BCUT2D eigenvalue weighted by atomic mass is 9.71. The van der Waals surface area contributed by atoms with Crippen LogP contribution in [0.2, 0.25) is 0 Å². The minimum Gasteiger partial charge on any atom is -0.465 e. The molecule has 0 aliphatic heterocycles. The molecule has 0 bridgehead atoms. The monoisotopic (exact) mass is 559 g/mol. The number of benzene rings is 1. The van der Waals surface area contributed by atoms with Crippen LogP contribution in [-0.4, -0.2) is 54.3 Å². The Bertz CT molecular complexity index is 1180. The largest absolute Gasteiger partial charge is 0.465 e. The predicted octanol–water partition coefficient (Wildman–Crippen LogP) is 6.18. The van der Waals surface area contributed by atoms with Crippen LogP contribution in [-0.2, 0) is 9.53 Å². The van der Waals surface area contributed by atoms with E-state index in [-0.39, 0.29) is 22.5 Å². The van der Waals surface area contributed by atoms with Gasteiger partial charge in [0, 0.05) is 10.9 Å². The van der Waals surface area contributed by atoms with Gasteiger partial charge in [0.15, 0.2) is 0 Å². The normalized spacial score (nSPS) is 22.5. The molecule has 0 radical (unpaired) electrons. The molecule has 1 fully saturated rings. The number of amides is 1. The summed E-state index contributed by atoms with van der Waals surface area (Å²) in [6, 6.07) is 3.77. The first-order valence-corrected chi connectivity index (χ1v) is 9.97. The molecule has 0 unspecified atom stereocenters. The molecule has 1 amide bonds. The molecule has 1 heterocycles. The fraction of sp³-hybridized carbons (Fsp3) is 0.368. The van der Waals surface area contributed by atoms with Gasteiger partial charge in [-0.05, 0) is 17.7 Å². The molecular weight excluding hydrogens is 550 g/mol. The number of esters is 1. The van der Waals surface area contributed by atoms with E-state index in [4.69, 9.17) is 0 Å². The summed E-state index contributed by atoms with van der Waals surface area (Å²) < 4.78 is 171. The zero-order valence-corrected chi connectivity index (χ0v) is 17.9. The molecule has 2 aromatic rings. The maximum Gasteiger partial charge on any atom is 0.384 e. The van der Waals surface area contributed by atoms with Gasteiger partial charge in [0.2, 0.25) is 0 Å². The van der Waals surface area contributed by atoms with Crippen LogP contribution in [0.1, 0.15) is 10.4 Å².